The Morgan fingerprint density at radius 3 is 2.77 bits per heavy atom. The standard InChI is InChI=1S/C19H19BrN4O2/c20-16-17(11-4-2-1-3-5-11)23-19-13(9-22-24(19)18(16)21)12-6-7-14-15(8-12)26-10-25-14/h6-9,11H,1-5,10,21H2. The highest BCUT2D eigenvalue weighted by Gasteiger charge is 2.24. The summed E-state index contributed by atoms with van der Waals surface area (Å²) in [6, 6.07) is 5.90. The molecule has 1 aliphatic heterocycles. The van der Waals surface area contributed by atoms with Crippen LogP contribution in [0, 0.1) is 0 Å². The molecule has 1 aromatic carbocycles. The summed E-state index contributed by atoms with van der Waals surface area (Å²) >= 11 is 3.66. The average molecular weight is 415 g/mol. The van der Waals surface area contributed by atoms with E-state index < -0.39 is 0 Å². The van der Waals surface area contributed by atoms with Crippen LogP contribution in [0.1, 0.15) is 43.7 Å². The summed E-state index contributed by atoms with van der Waals surface area (Å²) in [5, 5.41) is 4.46. The first-order chi connectivity index (χ1) is 12.7. The van der Waals surface area contributed by atoms with Crippen molar-refractivity contribution in [3.63, 3.8) is 0 Å². The molecule has 0 bridgehead atoms. The Labute approximate surface area is 159 Å². The first kappa shape index (κ1) is 15.9. The molecule has 5 rings (SSSR count). The summed E-state index contributed by atoms with van der Waals surface area (Å²) in [7, 11) is 0. The van der Waals surface area contributed by atoms with Gasteiger partial charge in [0.25, 0.3) is 0 Å². The van der Waals surface area contributed by atoms with E-state index in [0.29, 0.717) is 11.7 Å². The van der Waals surface area contributed by atoms with Crippen molar-refractivity contribution < 1.29 is 9.47 Å². The highest BCUT2D eigenvalue weighted by Crippen LogP contribution is 2.40. The quantitative estimate of drug-likeness (QED) is 0.666. The molecule has 0 saturated heterocycles. The number of anilines is 1. The molecule has 0 radical (unpaired) electrons. The summed E-state index contributed by atoms with van der Waals surface area (Å²) in [5.74, 6) is 2.57. The maximum atomic E-state index is 6.38. The molecule has 1 fully saturated rings. The number of ether oxygens (including phenoxy) is 2. The Balaban J connectivity index is 1.66. The largest absolute Gasteiger partial charge is 0.454 e. The van der Waals surface area contributed by atoms with Gasteiger partial charge in [-0.25, -0.2) is 4.98 Å². The molecule has 1 aliphatic carbocycles. The van der Waals surface area contributed by atoms with Crippen LogP contribution in [0.15, 0.2) is 28.9 Å². The normalized spacial score (nSPS) is 17.1. The van der Waals surface area contributed by atoms with Crippen LogP contribution in [0.25, 0.3) is 16.8 Å². The maximum absolute atomic E-state index is 6.38. The van der Waals surface area contributed by atoms with Crippen LogP contribution in [-0.2, 0) is 0 Å². The molecule has 134 valence electrons. The maximum Gasteiger partial charge on any atom is 0.231 e. The highest BCUT2D eigenvalue weighted by molar-refractivity contribution is 9.10. The second-order valence-electron chi connectivity index (χ2n) is 6.89. The number of halogens is 1. The number of hydrogen-bond donors (Lipinski definition) is 1. The van der Waals surface area contributed by atoms with Gasteiger partial charge in [-0.15, -0.1) is 0 Å². The molecule has 26 heavy (non-hydrogen) atoms. The lowest BCUT2D eigenvalue weighted by atomic mass is 9.87. The van der Waals surface area contributed by atoms with Crippen molar-refractivity contribution in [1.82, 2.24) is 14.6 Å². The smallest absolute Gasteiger partial charge is 0.231 e. The van der Waals surface area contributed by atoms with Gasteiger partial charge in [0.05, 0.1) is 16.4 Å². The molecule has 6 nitrogen and oxygen atoms in total. The zero-order chi connectivity index (χ0) is 17.7. The van der Waals surface area contributed by atoms with Crippen molar-refractivity contribution in [3.8, 4) is 22.6 Å². The number of fused-ring (bicyclic) bond motifs is 2. The van der Waals surface area contributed by atoms with Crippen LogP contribution in [0.5, 0.6) is 11.5 Å². The lowest BCUT2D eigenvalue weighted by Crippen LogP contribution is -2.11. The molecular weight excluding hydrogens is 396 g/mol. The van der Waals surface area contributed by atoms with Gasteiger partial charge in [0.15, 0.2) is 17.1 Å². The van der Waals surface area contributed by atoms with E-state index in [1.165, 1.54) is 19.3 Å². The summed E-state index contributed by atoms with van der Waals surface area (Å²) in [6.07, 6.45) is 7.94. The molecule has 0 atom stereocenters. The predicted molar refractivity (Wildman–Crippen MR) is 102 cm³/mol. The van der Waals surface area contributed by atoms with E-state index in [9.17, 15) is 0 Å². The van der Waals surface area contributed by atoms with E-state index in [4.69, 9.17) is 20.2 Å². The van der Waals surface area contributed by atoms with Crippen molar-refractivity contribution in [2.45, 2.75) is 38.0 Å². The topological polar surface area (TPSA) is 74.7 Å². The third kappa shape index (κ3) is 2.45. The molecule has 2 aromatic heterocycles. The zero-order valence-corrected chi connectivity index (χ0v) is 15.8. The van der Waals surface area contributed by atoms with Gasteiger partial charge in [0.2, 0.25) is 6.79 Å². The van der Waals surface area contributed by atoms with Crippen molar-refractivity contribution in [1.29, 1.82) is 0 Å². The Bertz CT molecular complexity index is 995. The fourth-order valence-corrected chi connectivity index (χ4v) is 4.51. The van der Waals surface area contributed by atoms with E-state index in [1.807, 2.05) is 24.4 Å². The minimum atomic E-state index is 0.261. The lowest BCUT2D eigenvalue weighted by Gasteiger charge is -2.22. The van der Waals surface area contributed by atoms with E-state index >= 15 is 0 Å². The second kappa shape index (κ2) is 6.16. The molecule has 0 unspecified atom stereocenters. The number of hydrogen-bond acceptors (Lipinski definition) is 5. The summed E-state index contributed by atoms with van der Waals surface area (Å²) in [4.78, 5) is 4.99. The first-order valence-electron chi connectivity index (χ1n) is 8.95. The van der Waals surface area contributed by atoms with E-state index in [1.54, 1.807) is 4.52 Å². The van der Waals surface area contributed by atoms with Crippen molar-refractivity contribution >= 4 is 27.4 Å². The Morgan fingerprint density at radius 1 is 1.12 bits per heavy atom. The predicted octanol–water partition coefficient (Wildman–Crippen LogP) is 4.52. The minimum absolute atomic E-state index is 0.261. The Morgan fingerprint density at radius 2 is 1.92 bits per heavy atom. The van der Waals surface area contributed by atoms with Gasteiger partial charge >= 0.3 is 0 Å². The van der Waals surface area contributed by atoms with Crippen LogP contribution in [0.2, 0.25) is 0 Å². The summed E-state index contributed by atoms with van der Waals surface area (Å²) in [5.41, 5.74) is 10.1. The van der Waals surface area contributed by atoms with Crippen LogP contribution >= 0.6 is 15.9 Å². The summed E-state index contributed by atoms with van der Waals surface area (Å²) < 4.78 is 13.5. The highest BCUT2D eigenvalue weighted by atomic mass is 79.9. The third-order valence-corrected chi connectivity index (χ3v) is 6.14. The lowest BCUT2D eigenvalue weighted by molar-refractivity contribution is 0.174. The van der Waals surface area contributed by atoms with Gasteiger partial charge in [0, 0.05) is 11.5 Å². The van der Waals surface area contributed by atoms with Gasteiger partial charge in [-0.3, -0.25) is 0 Å². The molecular formula is C19H19BrN4O2. The van der Waals surface area contributed by atoms with Gasteiger partial charge in [-0.2, -0.15) is 9.61 Å². The first-order valence-corrected chi connectivity index (χ1v) is 9.74. The molecule has 0 amide bonds. The third-order valence-electron chi connectivity index (χ3n) is 5.32. The molecule has 7 heteroatoms. The number of rotatable bonds is 2. The fraction of sp³-hybridized carbons (Fsp3) is 0.368. The van der Waals surface area contributed by atoms with Crippen LogP contribution < -0.4 is 15.2 Å². The zero-order valence-electron chi connectivity index (χ0n) is 14.2. The molecule has 0 spiro atoms. The number of nitrogen functional groups attached to an aromatic ring is 1. The molecule has 2 N–H and O–H groups in total. The SMILES string of the molecule is Nc1c(Br)c(C2CCCCC2)nc2c(-c3ccc4c(c3)OCO4)cnn12. The van der Waals surface area contributed by atoms with Gasteiger partial charge < -0.3 is 15.2 Å². The van der Waals surface area contributed by atoms with E-state index in [2.05, 4.69) is 21.0 Å². The number of aromatic nitrogens is 3. The molecule has 2 aliphatic rings. The monoisotopic (exact) mass is 414 g/mol. The Hall–Kier alpha value is -2.28. The van der Waals surface area contributed by atoms with Crippen LogP contribution in [0.4, 0.5) is 5.82 Å². The van der Waals surface area contributed by atoms with E-state index in [-0.39, 0.29) is 6.79 Å². The van der Waals surface area contributed by atoms with Gasteiger partial charge in [-0.05, 0) is 46.5 Å². The van der Waals surface area contributed by atoms with Crippen LogP contribution in [0.3, 0.4) is 0 Å². The minimum Gasteiger partial charge on any atom is -0.454 e. The van der Waals surface area contributed by atoms with Crippen molar-refractivity contribution in [3.05, 3.63) is 34.6 Å². The number of benzene rings is 1. The number of nitrogens with zero attached hydrogens (tertiary/aromatic N) is 3. The Kier molecular flexibility index (Phi) is 3.77. The molecule has 1 saturated carbocycles. The van der Waals surface area contributed by atoms with Crippen molar-refractivity contribution in [2.75, 3.05) is 12.5 Å². The second-order valence-corrected chi connectivity index (χ2v) is 7.69. The summed E-state index contributed by atoms with van der Waals surface area (Å²) in [6.45, 7) is 0.261. The van der Waals surface area contributed by atoms with E-state index in [0.717, 1.165) is 51.3 Å². The van der Waals surface area contributed by atoms with Gasteiger partial charge in [-0.1, -0.05) is 25.3 Å². The molecule has 3 aromatic rings. The van der Waals surface area contributed by atoms with Crippen LogP contribution in [-0.4, -0.2) is 21.4 Å². The van der Waals surface area contributed by atoms with Gasteiger partial charge in [0.1, 0.15) is 5.82 Å². The fourth-order valence-electron chi connectivity index (χ4n) is 3.93. The van der Waals surface area contributed by atoms with Crippen molar-refractivity contribution in [2.24, 2.45) is 0 Å². The molecule has 3 heterocycles. The number of nitrogens with two attached hydrogens (primary N) is 1. The average Bonchev–Trinajstić information content (AvgIpc) is 3.31.